The van der Waals surface area contributed by atoms with Crippen LogP contribution in [0.1, 0.15) is 57.2 Å². The molecule has 3 aliphatic rings. The van der Waals surface area contributed by atoms with Crippen LogP contribution >= 0.6 is 0 Å². The summed E-state index contributed by atoms with van der Waals surface area (Å²) in [6.45, 7) is 6.36. The highest BCUT2D eigenvalue weighted by atomic mass is 16.4. The van der Waals surface area contributed by atoms with E-state index in [2.05, 4.69) is 20.4 Å². The van der Waals surface area contributed by atoms with Crippen molar-refractivity contribution < 1.29 is 14.0 Å². The van der Waals surface area contributed by atoms with Crippen LogP contribution in [0.2, 0.25) is 0 Å². The predicted molar refractivity (Wildman–Crippen MR) is 88.6 cm³/mol. The smallest absolute Gasteiger partial charge is 0.325 e. The summed E-state index contributed by atoms with van der Waals surface area (Å²) in [5, 5.41) is 11.2. The Labute approximate surface area is 146 Å². The molecule has 0 bridgehead atoms. The number of hydrogen-bond acceptors (Lipinski definition) is 6. The standard InChI is InChI=1S/C17H25N5O3/c1-3-22-15(23)17(2,18-16(22)24)12-5-4-8-21(9-12)10-13-19-20-14(25-13)11-6-7-11/h11-12H,3-10H2,1-2H3,(H,18,24). The fourth-order valence-corrected chi connectivity index (χ4v) is 3.97. The Kier molecular flexibility index (Phi) is 4.02. The van der Waals surface area contributed by atoms with Gasteiger partial charge in [-0.3, -0.25) is 14.6 Å². The molecule has 2 unspecified atom stereocenters. The van der Waals surface area contributed by atoms with E-state index in [1.54, 1.807) is 0 Å². The van der Waals surface area contributed by atoms with E-state index in [0.29, 0.717) is 24.9 Å². The number of carbonyl (C=O) groups excluding carboxylic acids is 2. The molecule has 1 saturated carbocycles. The monoisotopic (exact) mass is 347 g/mol. The summed E-state index contributed by atoms with van der Waals surface area (Å²) >= 11 is 0. The van der Waals surface area contributed by atoms with E-state index < -0.39 is 5.54 Å². The number of likely N-dealkylation sites (tertiary alicyclic amines) is 1. The van der Waals surface area contributed by atoms with Crippen molar-refractivity contribution in [3.63, 3.8) is 0 Å². The summed E-state index contributed by atoms with van der Waals surface area (Å²) in [6.07, 6.45) is 4.19. The number of carbonyl (C=O) groups is 2. The number of amides is 3. The van der Waals surface area contributed by atoms with Crippen LogP contribution in [0.25, 0.3) is 0 Å². The molecule has 25 heavy (non-hydrogen) atoms. The third-order valence-electron chi connectivity index (χ3n) is 5.71. The van der Waals surface area contributed by atoms with Gasteiger partial charge in [-0.05, 0) is 46.1 Å². The Hall–Kier alpha value is -1.96. The van der Waals surface area contributed by atoms with Crippen molar-refractivity contribution >= 4 is 11.9 Å². The third kappa shape index (κ3) is 2.92. The lowest BCUT2D eigenvalue weighted by Gasteiger charge is -2.39. The highest BCUT2D eigenvalue weighted by Crippen LogP contribution is 2.39. The first-order valence-corrected chi connectivity index (χ1v) is 9.20. The Morgan fingerprint density at radius 3 is 2.76 bits per heavy atom. The Morgan fingerprint density at radius 2 is 2.08 bits per heavy atom. The van der Waals surface area contributed by atoms with Crippen molar-refractivity contribution in [2.45, 2.75) is 57.5 Å². The summed E-state index contributed by atoms with van der Waals surface area (Å²) in [5.41, 5.74) is -0.820. The van der Waals surface area contributed by atoms with E-state index >= 15 is 0 Å². The fraction of sp³-hybridized carbons (Fsp3) is 0.765. The fourth-order valence-electron chi connectivity index (χ4n) is 3.97. The predicted octanol–water partition coefficient (Wildman–Crippen LogP) is 1.49. The van der Waals surface area contributed by atoms with Crippen LogP contribution < -0.4 is 5.32 Å². The lowest BCUT2D eigenvalue weighted by molar-refractivity contribution is -0.133. The highest BCUT2D eigenvalue weighted by molar-refractivity contribution is 6.07. The largest absolute Gasteiger partial charge is 0.424 e. The van der Waals surface area contributed by atoms with Crippen LogP contribution in [-0.4, -0.2) is 57.1 Å². The minimum absolute atomic E-state index is 0.0834. The van der Waals surface area contributed by atoms with Crippen molar-refractivity contribution in [2.24, 2.45) is 5.92 Å². The molecule has 0 spiro atoms. The molecule has 2 saturated heterocycles. The lowest BCUT2D eigenvalue weighted by Crippen LogP contribution is -2.55. The number of likely N-dealkylation sites (N-methyl/N-ethyl adjacent to an activating group) is 1. The van der Waals surface area contributed by atoms with Gasteiger partial charge in [0, 0.05) is 24.9 Å². The van der Waals surface area contributed by atoms with E-state index in [1.165, 1.54) is 4.90 Å². The number of nitrogens with zero attached hydrogens (tertiary/aromatic N) is 4. The zero-order chi connectivity index (χ0) is 17.6. The molecule has 136 valence electrons. The Morgan fingerprint density at radius 1 is 1.28 bits per heavy atom. The van der Waals surface area contributed by atoms with Crippen LogP contribution in [0, 0.1) is 5.92 Å². The number of hydrogen-bond donors (Lipinski definition) is 1. The van der Waals surface area contributed by atoms with Gasteiger partial charge in [-0.2, -0.15) is 0 Å². The second-order valence-electron chi connectivity index (χ2n) is 7.56. The van der Waals surface area contributed by atoms with E-state index in [-0.39, 0.29) is 17.9 Å². The summed E-state index contributed by atoms with van der Waals surface area (Å²) in [5.74, 6) is 1.83. The zero-order valence-corrected chi connectivity index (χ0v) is 14.8. The molecule has 8 nitrogen and oxygen atoms in total. The van der Waals surface area contributed by atoms with Crippen LogP contribution in [-0.2, 0) is 11.3 Å². The van der Waals surface area contributed by atoms with Gasteiger partial charge in [0.25, 0.3) is 5.91 Å². The number of piperidine rings is 1. The Bertz CT molecular complexity index is 686. The molecule has 1 aromatic rings. The van der Waals surface area contributed by atoms with E-state index in [4.69, 9.17) is 4.42 Å². The molecule has 2 atom stereocenters. The van der Waals surface area contributed by atoms with Gasteiger partial charge < -0.3 is 9.73 Å². The Balaban J connectivity index is 1.43. The van der Waals surface area contributed by atoms with Gasteiger partial charge in [0.2, 0.25) is 11.8 Å². The van der Waals surface area contributed by atoms with Crippen LogP contribution in [0.15, 0.2) is 4.42 Å². The second-order valence-corrected chi connectivity index (χ2v) is 7.56. The minimum atomic E-state index is -0.820. The molecule has 1 N–H and O–H groups in total. The summed E-state index contributed by atoms with van der Waals surface area (Å²) in [6, 6.07) is -0.280. The molecule has 1 aliphatic carbocycles. The molecule has 0 aromatic carbocycles. The van der Waals surface area contributed by atoms with Crippen molar-refractivity contribution in [1.29, 1.82) is 0 Å². The molecule has 3 heterocycles. The molecule has 1 aromatic heterocycles. The van der Waals surface area contributed by atoms with E-state index in [9.17, 15) is 9.59 Å². The first kappa shape index (κ1) is 16.5. The molecule has 3 amide bonds. The maximum Gasteiger partial charge on any atom is 0.325 e. The number of aromatic nitrogens is 2. The van der Waals surface area contributed by atoms with Crippen molar-refractivity contribution in [2.75, 3.05) is 19.6 Å². The van der Waals surface area contributed by atoms with Crippen LogP contribution in [0.5, 0.6) is 0 Å². The average molecular weight is 347 g/mol. The van der Waals surface area contributed by atoms with Crippen LogP contribution in [0.4, 0.5) is 4.79 Å². The van der Waals surface area contributed by atoms with Gasteiger partial charge in [0.1, 0.15) is 5.54 Å². The van der Waals surface area contributed by atoms with E-state index in [1.807, 2.05) is 13.8 Å². The topological polar surface area (TPSA) is 91.6 Å². The van der Waals surface area contributed by atoms with Crippen LogP contribution in [0.3, 0.4) is 0 Å². The number of rotatable bonds is 5. The number of nitrogens with one attached hydrogen (secondary N) is 1. The maximum atomic E-state index is 12.7. The molecule has 4 rings (SSSR count). The molecule has 8 heteroatoms. The highest BCUT2D eigenvalue weighted by Gasteiger charge is 2.52. The molecular weight excluding hydrogens is 322 g/mol. The normalized spacial score (nSPS) is 30.8. The molecule has 3 fully saturated rings. The minimum Gasteiger partial charge on any atom is -0.424 e. The maximum absolute atomic E-state index is 12.7. The zero-order valence-electron chi connectivity index (χ0n) is 14.8. The average Bonchev–Trinajstić information content (AvgIpc) is 3.30. The molecular formula is C17H25N5O3. The first-order valence-electron chi connectivity index (χ1n) is 9.20. The summed E-state index contributed by atoms with van der Waals surface area (Å²) in [7, 11) is 0. The summed E-state index contributed by atoms with van der Waals surface area (Å²) < 4.78 is 5.76. The lowest BCUT2D eigenvalue weighted by atomic mass is 9.80. The van der Waals surface area contributed by atoms with Gasteiger partial charge >= 0.3 is 6.03 Å². The van der Waals surface area contributed by atoms with E-state index in [0.717, 1.165) is 44.7 Å². The number of urea groups is 1. The molecule has 2 aliphatic heterocycles. The quantitative estimate of drug-likeness (QED) is 0.812. The van der Waals surface area contributed by atoms with Gasteiger partial charge in [-0.1, -0.05) is 0 Å². The van der Waals surface area contributed by atoms with Crippen molar-refractivity contribution in [1.82, 2.24) is 25.3 Å². The number of imide groups is 1. The van der Waals surface area contributed by atoms with Gasteiger partial charge in [-0.15, -0.1) is 10.2 Å². The SMILES string of the molecule is CCN1C(=O)NC(C)(C2CCCN(Cc3nnc(C4CC4)o3)C2)C1=O. The summed E-state index contributed by atoms with van der Waals surface area (Å²) in [4.78, 5) is 28.3. The second kappa shape index (κ2) is 6.09. The van der Waals surface area contributed by atoms with Gasteiger partial charge in [0.05, 0.1) is 6.54 Å². The van der Waals surface area contributed by atoms with Gasteiger partial charge in [0.15, 0.2) is 0 Å². The van der Waals surface area contributed by atoms with Gasteiger partial charge in [-0.25, -0.2) is 4.79 Å². The van der Waals surface area contributed by atoms with Crippen molar-refractivity contribution in [3.05, 3.63) is 11.8 Å². The molecule has 0 radical (unpaired) electrons. The first-order chi connectivity index (χ1) is 12.0. The third-order valence-corrected chi connectivity index (χ3v) is 5.71. The van der Waals surface area contributed by atoms with Crippen molar-refractivity contribution in [3.8, 4) is 0 Å².